The van der Waals surface area contributed by atoms with Crippen LogP contribution in [0.4, 0.5) is 0 Å². The number of halogens is 1. The molecule has 0 amide bonds. The van der Waals surface area contributed by atoms with Gasteiger partial charge in [0.15, 0.2) is 0 Å². The Bertz CT molecular complexity index is 563. The topological polar surface area (TPSA) is 45.2 Å². The van der Waals surface area contributed by atoms with Crippen LogP contribution in [0.5, 0.6) is 5.75 Å². The Kier molecular flexibility index (Phi) is 4.45. The van der Waals surface area contributed by atoms with E-state index >= 15 is 0 Å². The summed E-state index contributed by atoms with van der Waals surface area (Å²) in [6.07, 6.45) is 0. The first-order valence-corrected chi connectivity index (χ1v) is 7.32. The smallest absolute Gasteiger partial charge is 0.121 e. The van der Waals surface area contributed by atoms with Crippen LogP contribution in [-0.4, -0.2) is 10.1 Å². The van der Waals surface area contributed by atoms with E-state index in [1.54, 1.807) is 29.5 Å². The normalized spacial score (nSPS) is 12.6. The Hall–Kier alpha value is -1.10. The Morgan fingerprint density at radius 3 is 2.74 bits per heavy atom. The first-order valence-electron chi connectivity index (χ1n) is 6.12. The number of rotatable bonds is 4. The molecule has 1 unspecified atom stereocenters. The van der Waals surface area contributed by atoms with Crippen LogP contribution >= 0.6 is 22.9 Å². The minimum Gasteiger partial charge on any atom is -0.508 e. The molecule has 0 fully saturated rings. The number of nitrogens with one attached hydrogen (secondary N) is 1. The summed E-state index contributed by atoms with van der Waals surface area (Å²) in [4.78, 5) is 5.65. The summed E-state index contributed by atoms with van der Waals surface area (Å²) in [5.41, 5.74) is 1.79. The summed E-state index contributed by atoms with van der Waals surface area (Å²) in [5.74, 6) is 0.226. The van der Waals surface area contributed by atoms with Crippen LogP contribution in [0.2, 0.25) is 5.02 Å². The van der Waals surface area contributed by atoms with Gasteiger partial charge in [-0.25, -0.2) is 4.98 Å². The average molecular weight is 297 g/mol. The second-order valence-electron chi connectivity index (χ2n) is 4.52. The lowest BCUT2D eigenvalue weighted by Gasteiger charge is -2.14. The predicted molar refractivity (Wildman–Crippen MR) is 80.0 cm³/mol. The Morgan fingerprint density at radius 2 is 2.16 bits per heavy atom. The van der Waals surface area contributed by atoms with Crippen molar-refractivity contribution in [3.05, 3.63) is 44.4 Å². The van der Waals surface area contributed by atoms with Crippen LogP contribution in [-0.2, 0) is 6.54 Å². The SMILES string of the molecule is Cc1nc(C)c(C(C)NCc2c(O)cccc2Cl)s1. The number of benzene rings is 1. The van der Waals surface area contributed by atoms with Crippen molar-refractivity contribution in [2.75, 3.05) is 0 Å². The van der Waals surface area contributed by atoms with Crippen LogP contribution in [0.25, 0.3) is 0 Å². The highest BCUT2D eigenvalue weighted by atomic mass is 35.5. The van der Waals surface area contributed by atoms with Crippen molar-refractivity contribution >= 4 is 22.9 Å². The van der Waals surface area contributed by atoms with E-state index in [1.807, 2.05) is 13.8 Å². The van der Waals surface area contributed by atoms with Crippen LogP contribution in [0, 0.1) is 13.8 Å². The number of hydrogen-bond acceptors (Lipinski definition) is 4. The number of nitrogens with zero attached hydrogens (tertiary/aromatic N) is 1. The van der Waals surface area contributed by atoms with E-state index in [0.717, 1.165) is 16.3 Å². The van der Waals surface area contributed by atoms with Gasteiger partial charge in [-0.05, 0) is 32.9 Å². The molecule has 5 heteroatoms. The van der Waals surface area contributed by atoms with Crippen LogP contribution < -0.4 is 5.32 Å². The van der Waals surface area contributed by atoms with Gasteiger partial charge < -0.3 is 10.4 Å². The molecule has 1 aromatic carbocycles. The number of aromatic nitrogens is 1. The molecule has 0 aliphatic rings. The minimum atomic E-state index is 0.182. The predicted octanol–water partition coefficient (Wildman–Crippen LogP) is 3.97. The van der Waals surface area contributed by atoms with Crippen molar-refractivity contribution in [1.29, 1.82) is 0 Å². The minimum absolute atomic E-state index is 0.182. The lowest BCUT2D eigenvalue weighted by molar-refractivity contribution is 0.460. The Morgan fingerprint density at radius 1 is 1.42 bits per heavy atom. The molecule has 2 rings (SSSR count). The molecule has 0 saturated carbocycles. The van der Waals surface area contributed by atoms with E-state index in [0.29, 0.717) is 11.6 Å². The van der Waals surface area contributed by atoms with Gasteiger partial charge in [-0.15, -0.1) is 11.3 Å². The standard InChI is InChI=1S/C14H17ClN2OS/c1-8(14-9(2)17-10(3)19-14)16-7-11-12(15)5-4-6-13(11)18/h4-6,8,16,18H,7H2,1-3H3. The zero-order valence-corrected chi connectivity index (χ0v) is 12.8. The summed E-state index contributed by atoms with van der Waals surface area (Å²) in [7, 11) is 0. The highest BCUT2D eigenvalue weighted by Crippen LogP contribution is 2.28. The third-order valence-electron chi connectivity index (χ3n) is 3.01. The molecule has 0 aliphatic carbocycles. The van der Waals surface area contributed by atoms with Crippen molar-refractivity contribution in [1.82, 2.24) is 10.3 Å². The maximum absolute atomic E-state index is 9.80. The average Bonchev–Trinajstić information content (AvgIpc) is 2.67. The lowest BCUT2D eigenvalue weighted by Crippen LogP contribution is -2.18. The van der Waals surface area contributed by atoms with Gasteiger partial charge in [0.05, 0.1) is 10.7 Å². The van der Waals surface area contributed by atoms with Crippen molar-refractivity contribution in [2.45, 2.75) is 33.4 Å². The van der Waals surface area contributed by atoms with Gasteiger partial charge >= 0.3 is 0 Å². The molecule has 1 heterocycles. The number of hydrogen-bond donors (Lipinski definition) is 2. The number of aryl methyl sites for hydroxylation is 2. The molecule has 2 aromatic rings. The van der Waals surface area contributed by atoms with Gasteiger partial charge in [-0.3, -0.25) is 0 Å². The maximum Gasteiger partial charge on any atom is 0.121 e. The largest absolute Gasteiger partial charge is 0.508 e. The van der Waals surface area contributed by atoms with E-state index in [1.165, 1.54) is 4.88 Å². The summed E-state index contributed by atoms with van der Waals surface area (Å²) in [5, 5.41) is 14.8. The van der Waals surface area contributed by atoms with Gasteiger partial charge in [0, 0.05) is 28.0 Å². The molecule has 0 saturated heterocycles. The molecule has 3 nitrogen and oxygen atoms in total. The van der Waals surface area contributed by atoms with Gasteiger partial charge in [0.2, 0.25) is 0 Å². The number of phenols is 1. The molecule has 0 bridgehead atoms. The molecular formula is C14H17ClN2OS. The van der Waals surface area contributed by atoms with Crippen LogP contribution in [0.3, 0.4) is 0 Å². The number of aromatic hydroxyl groups is 1. The summed E-state index contributed by atoms with van der Waals surface area (Å²) in [6.45, 7) is 6.65. The Balaban J connectivity index is 2.08. The van der Waals surface area contributed by atoms with Crippen molar-refractivity contribution < 1.29 is 5.11 Å². The summed E-state index contributed by atoms with van der Waals surface area (Å²) < 4.78 is 0. The van der Waals surface area contributed by atoms with Gasteiger partial charge in [0.25, 0.3) is 0 Å². The second-order valence-corrected chi connectivity index (χ2v) is 6.16. The molecule has 102 valence electrons. The maximum atomic E-state index is 9.80. The third kappa shape index (κ3) is 3.26. The van der Waals surface area contributed by atoms with Gasteiger partial charge in [-0.1, -0.05) is 17.7 Å². The van der Waals surface area contributed by atoms with E-state index in [-0.39, 0.29) is 11.8 Å². The zero-order chi connectivity index (χ0) is 14.0. The van der Waals surface area contributed by atoms with Crippen LogP contribution in [0.1, 0.15) is 34.1 Å². The van der Waals surface area contributed by atoms with E-state index in [2.05, 4.69) is 17.2 Å². The van der Waals surface area contributed by atoms with E-state index < -0.39 is 0 Å². The lowest BCUT2D eigenvalue weighted by atomic mass is 10.1. The number of thiazole rings is 1. The molecular weight excluding hydrogens is 280 g/mol. The highest BCUT2D eigenvalue weighted by molar-refractivity contribution is 7.11. The van der Waals surface area contributed by atoms with Crippen molar-refractivity contribution in [3.8, 4) is 5.75 Å². The van der Waals surface area contributed by atoms with Gasteiger partial charge in [-0.2, -0.15) is 0 Å². The molecule has 1 aromatic heterocycles. The zero-order valence-electron chi connectivity index (χ0n) is 11.2. The van der Waals surface area contributed by atoms with Crippen LogP contribution in [0.15, 0.2) is 18.2 Å². The fourth-order valence-corrected chi connectivity index (χ4v) is 3.21. The fourth-order valence-electron chi connectivity index (χ4n) is 2.02. The van der Waals surface area contributed by atoms with E-state index in [9.17, 15) is 5.11 Å². The summed E-state index contributed by atoms with van der Waals surface area (Å²) >= 11 is 7.78. The quantitative estimate of drug-likeness (QED) is 0.897. The third-order valence-corrected chi connectivity index (χ3v) is 4.62. The monoisotopic (exact) mass is 296 g/mol. The van der Waals surface area contributed by atoms with Crippen molar-refractivity contribution in [3.63, 3.8) is 0 Å². The first-order chi connectivity index (χ1) is 8.99. The Labute approximate surface area is 122 Å². The molecule has 0 radical (unpaired) electrons. The van der Waals surface area contributed by atoms with E-state index in [4.69, 9.17) is 11.6 Å². The highest BCUT2D eigenvalue weighted by Gasteiger charge is 2.14. The first kappa shape index (κ1) is 14.3. The fraction of sp³-hybridized carbons (Fsp3) is 0.357. The molecule has 2 N–H and O–H groups in total. The summed E-state index contributed by atoms with van der Waals surface area (Å²) in [6, 6.07) is 5.35. The molecule has 0 spiro atoms. The second kappa shape index (κ2) is 5.90. The van der Waals surface area contributed by atoms with Crippen molar-refractivity contribution in [2.24, 2.45) is 0 Å². The van der Waals surface area contributed by atoms with Gasteiger partial charge in [0.1, 0.15) is 5.75 Å². The molecule has 0 aliphatic heterocycles. The number of phenolic OH excluding ortho intramolecular Hbond substituents is 1. The molecule has 1 atom stereocenters. The molecule has 19 heavy (non-hydrogen) atoms.